The highest BCUT2D eigenvalue weighted by Gasteiger charge is 2.48. The Kier molecular flexibility index (Phi) is 7.28. The lowest BCUT2D eigenvalue weighted by Crippen LogP contribution is -2.40. The number of hydrogen-bond acceptors (Lipinski definition) is 9. The van der Waals surface area contributed by atoms with E-state index >= 15 is 0 Å². The van der Waals surface area contributed by atoms with Gasteiger partial charge in [-0.15, -0.1) is 0 Å². The Morgan fingerprint density at radius 2 is 2.22 bits per heavy atom. The monoisotopic (exact) mass is 527 g/mol. The molecule has 3 heterocycles. The molecular formula is C23H26ClN9O4. The van der Waals surface area contributed by atoms with Gasteiger partial charge in [0.25, 0.3) is 0 Å². The van der Waals surface area contributed by atoms with Gasteiger partial charge in [0.1, 0.15) is 30.3 Å². The van der Waals surface area contributed by atoms with Crippen LogP contribution in [0.5, 0.6) is 5.75 Å². The zero-order chi connectivity index (χ0) is 25.9. The number of nitrogens with zero attached hydrogens (tertiary/aromatic N) is 7. The van der Waals surface area contributed by atoms with Crippen LogP contribution < -0.4 is 15.4 Å². The number of rotatable bonds is 9. The molecule has 0 unspecified atom stereocenters. The largest absolute Gasteiger partial charge is 0.493 e. The number of halogens is 1. The molecule has 3 N–H and O–H groups in total. The fraction of sp³-hybridized carbons (Fsp3) is 0.478. The summed E-state index contributed by atoms with van der Waals surface area (Å²) in [6, 6.07) is 4.39. The number of ether oxygens (including phenoxy) is 2. The third-order valence-corrected chi connectivity index (χ3v) is 6.96. The Morgan fingerprint density at radius 3 is 2.95 bits per heavy atom. The molecule has 2 aromatic heterocycles. The average molecular weight is 528 g/mol. The predicted molar refractivity (Wildman–Crippen MR) is 134 cm³/mol. The lowest BCUT2D eigenvalue weighted by molar-refractivity contribution is -0.134. The number of aromatic nitrogens is 4. The van der Waals surface area contributed by atoms with E-state index in [0.717, 1.165) is 11.3 Å². The molecule has 2 aliphatic rings. The number of nitrogens with one attached hydrogen (secondary N) is 2. The maximum Gasteiger partial charge on any atom is 0.249 e. The lowest BCUT2D eigenvalue weighted by atomic mass is 9.86. The van der Waals surface area contributed by atoms with Gasteiger partial charge in [-0.05, 0) is 42.5 Å². The number of amides is 1. The number of anilines is 1. The summed E-state index contributed by atoms with van der Waals surface area (Å²) in [5.74, 6) is 1.29. The summed E-state index contributed by atoms with van der Waals surface area (Å²) >= 11 is 6.24. The number of azide groups is 1. The van der Waals surface area contributed by atoms with Gasteiger partial charge in [-0.3, -0.25) is 9.36 Å². The van der Waals surface area contributed by atoms with E-state index in [-0.39, 0.29) is 0 Å². The number of hydrogen-bond donors (Lipinski definition) is 3. The van der Waals surface area contributed by atoms with Crippen LogP contribution in [0.3, 0.4) is 0 Å². The number of carbonyl (C=O) groups is 1. The molecule has 37 heavy (non-hydrogen) atoms. The summed E-state index contributed by atoms with van der Waals surface area (Å²) in [4.78, 5) is 28.0. The van der Waals surface area contributed by atoms with Crippen LogP contribution in [0.1, 0.15) is 31.1 Å². The molecule has 1 saturated carbocycles. The lowest BCUT2D eigenvalue weighted by Gasteiger charge is -2.25. The van der Waals surface area contributed by atoms with Crippen molar-refractivity contribution in [2.75, 3.05) is 19.0 Å². The summed E-state index contributed by atoms with van der Waals surface area (Å²) in [5, 5.41) is 20.7. The summed E-state index contributed by atoms with van der Waals surface area (Å²) in [5.41, 5.74) is 10.6. The summed E-state index contributed by atoms with van der Waals surface area (Å²) in [6.07, 6.45) is 2.90. The highest BCUT2D eigenvalue weighted by molar-refractivity contribution is 6.30. The number of aliphatic hydroxyl groups is 1. The van der Waals surface area contributed by atoms with Crippen LogP contribution in [0.25, 0.3) is 21.6 Å². The standard InChI is InChI=1S/C23H26ClN9O4/c1-26-22(35)19-16(31-32-25)18(34)23(37-19)33-11-30-17-20(28-10-29-21(17)33)27-8-13-7-14(24)5-6-15(13)36-9-12-3-2-4-12/h5-7,10-12,16,18-19,23,34H,2-4,8-9H2,1H3,(H,26,35)(H,27,28,29)/t16-,18+,19-,23+/m0/s1. The van der Waals surface area contributed by atoms with Crippen molar-refractivity contribution in [3.63, 3.8) is 0 Å². The topological polar surface area (TPSA) is 172 Å². The van der Waals surface area contributed by atoms with Crippen molar-refractivity contribution in [3.05, 3.63) is 51.9 Å². The van der Waals surface area contributed by atoms with Crippen LogP contribution in [-0.2, 0) is 16.1 Å². The van der Waals surface area contributed by atoms with Gasteiger partial charge >= 0.3 is 0 Å². The number of benzene rings is 1. The van der Waals surface area contributed by atoms with Crippen molar-refractivity contribution in [2.24, 2.45) is 11.0 Å². The molecule has 1 aliphatic heterocycles. The summed E-state index contributed by atoms with van der Waals surface area (Å²) in [7, 11) is 1.43. The van der Waals surface area contributed by atoms with E-state index in [0.29, 0.717) is 41.1 Å². The minimum absolute atomic E-state index is 0.367. The Balaban J connectivity index is 1.37. The van der Waals surface area contributed by atoms with Crippen LogP contribution in [-0.4, -0.2) is 62.4 Å². The quantitative estimate of drug-likeness (QED) is 0.216. The van der Waals surface area contributed by atoms with E-state index in [2.05, 4.69) is 35.6 Å². The normalized spacial score (nSPS) is 23.3. The molecule has 3 aromatic rings. The molecule has 14 heteroatoms. The first kappa shape index (κ1) is 25.0. The molecule has 4 atom stereocenters. The number of fused-ring (bicyclic) bond motifs is 1. The van der Waals surface area contributed by atoms with E-state index in [1.165, 1.54) is 43.5 Å². The first-order chi connectivity index (χ1) is 18.0. The van der Waals surface area contributed by atoms with Gasteiger partial charge in [-0.25, -0.2) is 15.0 Å². The van der Waals surface area contributed by atoms with Crippen LogP contribution in [0.2, 0.25) is 5.02 Å². The molecule has 0 spiro atoms. The second-order valence-electron chi connectivity index (χ2n) is 9.01. The van der Waals surface area contributed by atoms with Gasteiger partial charge in [0.2, 0.25) is 5.91 Å². The Hall–Kier alpha value is -3.64. The molecule has 1 amide bonds. The van der Waals surface area contributed by atoms with E-state index < -0.39 is 30.4 Å². The van der Waals surface area contributed by atoms with Gasteiger partial charge in [0.15, 0.2) is 23.2 Å². The molecule has 1 saturated heterocycles. The number of likely N-dealkylation sites (N-methyl/N-ethyl adjacent to an activating group) is 1. The van der Waals surface area contributed by atoms with Crippen molar-refractivity contribution in [1.82, 2.24) is 24.8 Å². The zero-order valence-electron chi connectivity index (χ0n) is 20.0. The second kappa shape index (κ2) is 10.8. The van der Waals surface area contributed by atoms with Crippen molar-refractivity contribution in [1.29, 1.82) is 0 Å². The van der Waals surface area contributed by atoms with Gasteiger partial charge in [-0.1, -0.05) is 23.1 Å². The first-order valence-corrected chi connectivity index (χ1v) is 12.3. The van der Waals surface area contributed by atoms with Gasteiger partial charge in [0.05, 0.1) is 12.9 Å². The highest BCUT2D eigenvalue weighted by atomic mass is 35.5. The first-order valence-electron chi connectivity index (χ1n) is 11.9. The minimum Gasteiger partial charge on any atom is -0.493 e. The SMILES string of the molecule is CNC(=O)[C@H]1O[C@@H](n2cnc3c(NCc4cc(Cl)ccc4OCC4CCC4)ncnc32)[C@H](O)[C@@H]1N=[N+]=[N-]. The predicted octanol–water partition coefficient (Wildman–Crippen LogP) is 2.95. The molecular weight excluding hydrogens is 502 g/mol. The molecule has 2 fully saturated rings. The summed E-state index contributed by atoms with van der Waals surface area (Å²) in [6.45, 7) is 1.05. The van der Waals surface area contributed by atoms with E-state index in [4.69, 9.17) is 26.6 Å². The van der Waals surface area contributed by atoms with Gasteiger partial charge < -0.3 is 25.2 Å². The Labute approximate surface area is 216 Å². The molecule has 0 bridgehead atoms. The smallest absolute Gasteiger partial charge is 0.249 e. The van der Waals surface area contributed by atoms with Crippen LogP contribution in [0.15, 0.2) is 36.0 Å². The third-order valence-electron chi connectivity index (χ3n) is 6.73. The van der Waals surface area contributed by atoms with Gasteiger partial charge in [0, 0.05) is 29.1 Å². The van der Waals surface area contributed by atoms with Gasteiger partial charge in [-0.2, -0.15) is 0 Å². The molecule has 1 aliphatic carbocycles. The fourth-order valence-corrected chi connectivity index (χ4v) is 4.67. The van der Waals surface area contributed by atoms with Crippen molar-refractivity contribution in [3.8, 4) is 5.75 Å². The van der Waals surface area contributed by atoms with Crippen LogP contribution in [0.4, 0.5) is 5.82 Å². The zero-order valence-corrected chi connectivity index (χ0v) is 20.7. The molecule has 5 rings (SSSR count). The maximum atomic E-state index is 12.2. The highest BCUT2D eigenvalue weighted by Crippen LogP contribution is 2.34. The Morgan fingerprint density at radius 1 is 1.38 bits per heavy atom. The van der Waals surface area contributed by atoms with Crippen molar-refractivity contribution in [2.45, 2.75) is 50.3 Å². The van der Waals surface area contributed by atoms with E-state index in [9.17, 15) is 9.90 Å². The molecule has 13 nitrogen and oxygen atoms in total. The van der Waals surface area contributed by atoms with E-state index in [1.54, 1.807) is 6.07 Å². The third kappa shape index (κ3) is 4.98. The number of aliphatic hydroxyl groups excluding tert-OH is 1. The average Bonchev–Trinajstić information content (AvgIpc) is 3.44. The molecule has 194 valence electrons. The summed E-state index contributed by atoms with van der Waals surface area (Å²) < 4.78 is 13.3. The van der Waals surface area contributed by atoms with Crippen molar-refractivity contribution < 1.29 is 19.4 Å². The molecule has 0 radical (unpaired) electrons. The second-order valence-corrected chi connectivity index (χ2v) is 9.44. The van der Waals surface area contributed by atoms with Crippen LogP contribution in [0, 0.1) is 5.92 Å². The Bertz CT molecular complexity index is 1340. The minimum atomic E-state index is -1.30. The van der Waals surface area contributed by atoms with Crippen molar-refractivity contribution >= 4 is 34.5 Å². The fourth-order valence-electron chi connectivity index (χ4n) is 4.48. The van der Waals surface area contributed by atoms with Crippen LogP contribution >= 0.6 is 11.6 Å². The number of imidazole rings is 1. The van der Waals surface area contributed by atoms with E-state index in [1.807, 2.05) is 12.1 Å². The number of carbonyl (C=O) groups excluding carboxylic acids is 1. The maximum absolute atomic E-state index is 12.2. The molecule has 1 aromatic carbocycles.